The zero-order valence-corrected chi connectivity index (χ0v) is 13.4. The quantitative estimate of drug-likeness (QED) is 0.632. The van der Waals surface area contributed by atoms with Gasteiger partial charge in [-0.25, -0.2) is 15.8 Å². The molecular weight excluding hydrogens is 284 g/mol. The average Bonchev–Trinajstić information content (AvgIpc) is 3.06. The van der Waals surface area contributed by atoms with E-state index >= 15 is 0 Å². The maximum atomic E-state index is 5.81. The molecule has 0 radical (unpaired) electrons. The van der Waals surface area contributed by atoms with E-state index in [9.17, 15) is 0 Å². The first-order valence-corrected chi connectivity index (χ1v) is 8.50. The van der Waals surface area contributed by atoms with Crippen LogP contribution >= 0.6 is 11.3 Å². The van der Waals surface area contributed by atoms with Gasteiger partial charge >= 0.3 is 0 Å². The molecule has 21 heavy (non-hydrogen) atoms. The number of nitrogens with two attached hydrogens (primary N) is 1. The van der Waals surface area contributed by atoms with E-state index in [1.54, 1.807) is 11.3 Å². The zero-order chi connectivity index (χ0) is 14.8. The number of fused-ring (bicyclic) bond motifs is 3. The van der Waals surface area contributed by atoms with Gasteiger partial charge in [-0.15, -0.1) is 11.3 Å². The topological polar surface area (TPSA) is 73.1 Å². The molecule has 2 aromatic rings. The Labute approximate surface area is 128 Å². The minimum Gasteiger partial charge on any atom is -0.371 e. The molecule has 1 unspecified atom stereocenters. The molecule has 1 aliphatic carbocycles. The molecule has 0 spiro atoms. The van der Waals surface area contributed by atoms with Gasteiger partial charge in [-0.05, 0) is 38.2 Å². The van der Waals surface area contributed by atoms with E-state index in [4.69, 9.17) is 15.6 Å². The first-order chi connectivity index (χ1) is 10.3. The molecule has 114 valence electrons. The molecular formula is C15H22N4OS. The Kier molecular flexibility index (Phi) is 4.37. The fourth-order valence-corrected chi connectivity index (χ4v) is 4.28. The highest BCUT2D eigenvalue weighted by Crippen LogP contribution is 2.40. The Bertz CT molecular complexity index is 634. The smallest absolute Gasteiger partial charge is 0.161 e. The van der Waals surface area contributed by atoms with E-state index in [0.29, 0.717) is 6.61 Å². The predicted octanol–water partition coefficient (Wildman–Crippen LogP) is 3.34. The number of hydrazine groups is 1. The highest BCUT2D eigenvalue weighted by molar-refractivity contribution is 7.19. The molecule has 5 nitrogen and oxygen atoms in total. The van der Waals surface area contributed by atoms with Crippen LogP contribution < -0.4 is 11.3 Å². The SMILES string of the molecule is CCCC(OCC)c1nc(NN)c2c3c(sc2n1)CCC3. The Balaban J connectivity index is 2.09. The number of nitrogens with zero attached hydrogens (tertiary/aromatic N) is 2. The van der Waals surface area contributed by atoms with Crippen molar-refractivity contribution in [2.75, 3.05) is 12.0 Å². The first-order valence-electron chi connectivity index (χ1n) is 7.68. The number of ether oxygens (including phenoxy) is 1. The molecule has 2 heterocycles. The van der Waals surface area contributed by atoms with Gasteiger partial charge in [0, 0.05) is 11.5 Å². The largest absolute Gasteiger partial charge is 0.371 e. The fourth-order valence-electron chi connectivity index (χ4n) is 3.01. The summed E-state index contributed by atoms with van der Waals surface area (Å²) in [6.07, 6.45) is 5.40. The van der Waals surface area contributed by atoms with E-state index in [-0.39, 0.29) is 6.10 Å². The summed E-state index contributed by atoms with van der Waals surface area (Å²) in [6, 6.07) is 0. The predicted molar refractivity (Wildman–Crippen MR) is 86.5 cm³/mol. The lowest BCUT2D eigenvalue weighted by molar-refractivity contribution is 0.0497. The molecule has 0 aliphatic heterocycles. The molecule has 3 rings (SSSR count). The van der Waals surface area contributed by atoms with Gasteiger partial charge in [0.15, 0.2) is 11.6 Å². The summed E-state index contributed by atoms with van der Waals surface area (Å²) in [5.41, 5.74) is 4.15. The normalized spacial score (nSPS) is 15.4. The fraction of sp³-hybridized carbons (Fsp3) is 0.600. The number of nitrogens with one attached hydrogen (secondary N) is 1. The molecule has 0 saturated heterocycles. The van der Waals surface area contributed by atoms with Crippen LogP contribution in [0.25, 0.3) is 10.2 Å². The van der Waals surface area contributed by atoms with Gasteiger partial charge in [0.1, 0.15) is 10.9 Å². The van der Waals surface area contributed by atoms with Crippen molar-refractivity contribution < 1.29 is 4.74 Å². The standard InChI is InChI=1S/C15H22N4OS/c1-3-6-10(20-4-2)13-17-14(19-16)12-9-7-5-8-11(9)21-15(12)18-13/h10H,3-8,16H2,1-2H3,(H,17,18,19). The summed E-state index contributed by atoms with van der Waals surface area (Å²) >= 11 is 1.78. The first kappa shape index (κ1) is 14.7. The van der Waals surface area contributed by atoms with E-state index < -0.39 is 0 Å². The Morgan fingerprint density at radius 1 is 1.33 bits per heavy atom. The Morgan fingerprint density at radius 2 is 2.19 bits per heavy atom. The summed E-state index contributed by atoms with van der Waals surface area (Å²) in [5.74, 6) is 7.20. The van der Waals surface area contributed by atoms with Crippen molar-refractivity contribution in [3.8, 4) is 0 Å². The molecule has 1 aliphatic rings. The number of thiophene rings is 1. The number of aromatic nitrogens is 2. The number of hydrogen-bond acceptors (Lipinski definition) is 6. The zero-order valence-electron chi connectivity index (χ0n) is 12.6. The van der Waals surface area contributed by atoms with Crippen LogP contribution in [0.2, 0.25) is 0 Å². The van der Waals surface area contributed by atoms with Crippen LogP contribution in [0.5, 0.6) is 0 Å². The van der Waals surface area contributed by atoms with E-state index in [1.165, 1.54) is 16.9 Å². The number of aryl methyl sites for hydroxylation is 2. The van der Waals surface area contributed by atoms with Crippen LogP contribution in [-0.2, 0) is 17.6 Å². The highest BCUT2D eigenvalue weighted by Gasteiger charge is 2.24. The Hall–Kier alpha value is -1.24. The van der Waals surface area contributed by atoms with Crippen molar-refractivity contribution in [2.45, 2.75) is 52.1 Å². The molecule has 1 atom stereocenters. The van der Waals surface area contributed by atoms with E-state index in [1.807, 2.05) is 6.92 Å². The van der Waals surface area contributed by atoms with Crippen LogP contribution in [-0.4, -0.2) is 16.6 Å². The highest BCUT2D eigenvalue weighted by atomic mass is 32.1. The van der Waals surface area contributed by atoms with E-state index in [0.717, 1.165) is 47.5 Å². The molecule has 0 saturated carbocycles. The van der Waals surface area contributed by atoms with Crippen LogP contribution in [0.3, 0.4) is 0 Å². The molecule has 2 aromatic heterocycles. The van der Waals surface area contributed by atoms with Gasteiger partial charge in [0.05, 0.1) is 5.39 Å². The second-order valence-electron chi connectivity index (χ2n) is 5.34. The third kappa shape index (κ3) is 2.63. The minimum absolute atomic E-state index is 0.0477. The van der Waals surface area contributed by atoms with Gasteiger partial charge in [-0.1, -0.05) is 13.3 Å². The third-order valence-electron chi connectivity index (χ3n) is 3.93. The van der Waals surface area contributed by atoms with Gasteiger partial charge in [-0.2, -0.15) is 0 Å². The molecule has 0 fully saturated rings. The number of nitrogen functional groups attached to an aromatic ring is 1. The summed E-state index contributed by atoms with van der Waals surface area (Å²) in [4.78, 5) is 11.9. The van der Waals surface area contributed by atoms with Crippen LogP contribution in [0.1, 0.15) is 55.5 Å². The van der Waals surface area contributed by atoms with Crippen molar-refractivity contribution in [1.29, 1.82) is 0 Å². The molecule has 0 aromatic carbocycles. The lowest BCUT2D eigenvalue weighted by atomic mass is 10.1. The number of anilines is 1. The van der Waals surface area contributed by atoms with Crippen molar-refractivity contribution in [1.82, 2.24) is 9.97 Å². The summed E-state index contributed by atoms with van der Waals surface area (Å²) in [6.45, 7) is 4.81. The van der Waals surface area contributed by atoms with Crippen LogP contribution in [0.15, 0.2) is 0 Å². The number of hydrogen-bond donors (Lipinski definition) is 2. The molecule has 0 bridgehead atoms. The lowest BCUT2D eigenvalue weighted by Gasteiger charge is -2.16. The minimum atomic E-state index is -0.0477. The molecule has 3 N–H and O–H groups in total. The maximum Gasteiger partial charge on any atom is 0.161 e. The lowest BCUT2D eigenvalue weighted by Crippen LogP contribution is -2.14. The average molecular weight is 306 g/mol. The number of rotatable bonds is 6. The monoisotopic (exact) mass is 306 g/mol. The van der Waals surface area contributed by atoms with Crippen molar-refractivity contribution in [2.24, 2.45) is 5.84 Å². The van der Waals surface area contributed by atoms with Gasteiger partial charge in [0.25, 0.3) is 0 Å². The van der Waals surface area contributed by atoms with Gasteiger partial charge in [0.2, 0.25) is 0 Å². The molecule has 0 amide bonds. The third-order valence-corrected chi connectivity index (χ3v) is 5.11. The summed E-state index contributed by atoms with van der Waals surface area (Å²) < 4.78 is 5.81. The van der Waals surface area contributed by atoms with Gasteiger partial charge < -0.3 is 10.2 Å². The van der Waals surface area contributed by atoms with Crippen LogP contribution in [0.4, 0.5) is 5.82 Å². The van der Waals surface area contributed by atoms with Crippen molar-refractivity contribution in [3.63, 3.8) is 0 Å². The van der Waals surface area contributed by atoms with Crippen molar-refractivity contribution >= 4 is 27.4 Å². The summed E-state index contributed by atoms with van der Waals surface area (Å²) in [5, 5.41) is 1.12. The Morgan fingerprint density at radius 3 is 2.90 bits per heavy atom. The summed E-state index contributed by atoms with van der Waals surface area (Å²) in [7, 11) is 0. The van der Waals surface area contributed by atoms with Crippen LogP contribution in [0, 0.1) is 0 Å². The van der Waals surface area contributed by atoms with Gasteiger partial charge in [-0.3, -0.25) is 0 Å². The maximum absolute atomic E-state index is 5.81. The second kappa shape index (κ2) is 6.25. The second-order valence-corrected chi connectivity index (χ2v) is 6.43. The molecule has 6 heteroatoms. The van der Waals surface area contributed by atoms with E-state index in [2.05, 4.69) is 17.3 Å². The van der Waals surface area contributed by atoms with Crippen molar-refractivity contribution in [3.05, 3.63) is 16.3 Å².